The van der Waals surface area contributed by atoms with Crippen molar-refractivity contribution < 1.29 is 10.2 Å². The molecule has 0 spiro atoms. The van der Waals surface area contributed by atoms with Crippen LogP contribution in [0.15, 0.2) is 24.3 Å². The highest BCUT2D eigenvalue weighted by Gasteiger charge is 2.33. The second-order valence-corrected chi connectivity index (χ2v) is 6.94. The Kier molecular flexibility index (Phi) is 8.07. The van der Waals surface area contributed by atoms with Gasteiger partial charge in [0, 0.05) is 18.0 Å². The van der Waals surface area contributed by atoms with Crippen molar-refractivity contribution in [3.05, 3.63) is 35.4 Å². The van der Waals surface area contributed by atoms with E-state index in [1.54, 1.807) is 0 Å². The van der Waals surface area contributed by atoms with Crippen LogP contribution in [0.1, 0.15) is 68.9 Å². The highest BCUT2D eigenvalue weighted by atomic mass is 16.3. The van der Waals surface area contributed by atoms with Crippen LogP contribution in [0.3, 0.4) is 0 Å². The van der Waals surface area contributed by atoms with Gasteiger partial charge in [0.15, 0.2) is 0 Å². The number of aliphatic hydroxyl groups is 2. The second-order valence-electron chi connectivity index (χ2n) is 6.94. The van der Waals surface area contributed by atoms with Crippen LogP contribution >= 0.6 is 0 Å². The molecule has 0 aliphatic carbocycles. The van der Waals surface area contributed by atoms with Crippen LogP contribution in [-0.4, -0.2) is 35.5 Å². The summed E-state index contributed by atoms with van der Waals surface area (Å²) in [5.74, 6) is 0.306. The quantitative estimate of drug-likeness (QED) is 0.579. The number of aliphatic hydroxyl groups excluding tert-OH is 2. The van der Waals surface area contributed by atoms with Gasteiger partial charge in [-0.15, -0.1) is 0 Å². The fourth-order valence-corrected chi connectivity index (χ4v) is 3.67. The molecule has 0 aromatic heterocycles. The lowest BCUT2D eigenvalue weighted by Gasteiger charge is -2.17. The SMILES string of the molecule is CCCCCCCCc1ccc([C@H]2C[C@H](CO)N[C@H]2CO)cc1. The summed E-state index contributed by atoms with van der Waals surface area (Å²) < 4.78 is 0. The average Bonchev–Trinajstić information content (AvgIpc) is 3.02. The standard InChI is InChI=1S/C20H33NO2/c1-2-3-4-5-6-7-8-16-9-11-17(12-10-16)19-13-18(14-22)21-20(19)15-23/h9-12,18-23H,2-8,13-15H2,1H3/t18-,19-,20+/m1/s1. The number of aryl methyl sites for hydroxylation is 1. The Balaban J connectivity index is 1.80. The minimum atomic E-state index is 0.0663. The first kappa shape index (κ1) is 18.4. The molecule has 1 aliphatic heterocycles. The van der Waals surface area contributed by atoms with E-state index in [-0.39, 0.29) is 25.3 Å². The van der Waals surface area contributed by atoms with E-state index in [1.807, 2.05) is 0 Å². The maximum absolute atomic E-state index is 9.53. The van der Waals surface area contributed by atoms with Gasteiger partial charge in [0.1, 0.15) is 0 Å². The molecule has 1 fully saturated rings. The van der Waals surface area contributed by atoms with Gasteiger partial charge in [0.05, 0.1) is 13.2 Å². The van der Waals surface area contributed by atoms with Crippen LogP contribution in [0, 0.1) is 0 Å². The third kappa shape index (κ3) is 5.59. The van der Waals surface area contributed by atoms with Crippen molar-refractivity contribution in [2.45, 2.75) is 76.3 Å². The van der Waals surface area contributed by atoms with Gasteiger partial charge in [-0.05, 0) is 30.4 Å². The summed E-state index contributed by atoms with van der Waals surface area (Å²) >= 11 is 0. The maximum Gasteiger partial charge on any atom is 0.0590 e. The van der Waals surface area contributed by atoms with Crippen molar-refractivity contribution in [1.82, 2.24) is 5.32 Å². The summed E-state index contributed by atoms with van der Waals surface area (Å²) in [5.41, 5.74) is 2.69. The van der Waals surface area contributed by atoms with Crippen LogP contribution in [0.25, 0.3) is 0 Å². The third-order valence-corrected chi connectivity index (χ3v) is 5.12. The first-order valence-electron chi connectivity index (χ1n) is 9.35. The van der Waals surface area contributed by atoms with E-state index in [0.29, 0.717) is 5.92 Å². The Labute approximate surface area is 141 Å². The first-order chi connectivity index (χ1) is 11.3. The molecule has 2 rings (SSSR count). The van der Waals surface area contributed by atoms with Crippen LogP contribution in [0.5, 0.6) is 0 Å². The normalized spacial score (nSPS) is 24.2. The smallest absolute Gasteiger partial charge is 0.0590 e. The molecular weight excluding hydrogens is 286 g/mol. The Hall–Kier alpha value is -0.900. The Bertz CT molecular complexity index is 432. The molecule has 1 saturated heterocycles. The summed E-state index contributed by atoms with van der Waals surface area (Å²) in [6.07, 6.45) is 10.1. The third-order valence-electron chi connectivity index (χ3n) is 5.12. The van der Waals surface area contributed by atoms with E-state index >= 15 is 0 Å². The van der Waals surface area contributed by atoms with E-state index in [1.165, 1.54) is 49.7 Å². The molecule has 3 atom stereocenters. The van der Waals surface area contributed by atoms with Gasteiger partial charge < -0.3 is 15.5 Å². The topological polar surface area (TPSA) is 52.5 Å². The predicted molar refractivity (Wildman–Crippen MR) is 95.8 cm³/mol. The molecule has 1 aromatic carbocycles. The highest BCUT2D eigenvalue weighted by molar-refractivity contribution is 5.28. The van der Waals surface area contributed by atoms with E-state index in [0.717, 1.165) is 12.8 Å². The zero-order chi connectivity index (χ0) is 16.5. The van der Waals surface area contributed by atoms with Crippen molar-refractivity contribution in [3.63, 3.8) is 0 Å². The molecule has 1 heterocycles. The lowest BCUT2D eigenvalue weighted by molar-refractivity contribution is 0.224. The van der Waals surface area contributed by atoms with Crippen molar-refractivity contribution in [2.24, 2.45) is 0 Å². The molecule has 1 aliphatic rings. The summed E-state index contributed by atoms with van der Waals surface area (Å²) in [5, 5.41) is 22.2. The molecule has 0 saturated carbocycles. The molecule has 1 aromatic rings. The van der Waals surface area contributed by atoms with Crippen molar-refractivity contribution in [1.29, 1.82) is 0 Å². The number of unbranched alkanes of at least 4 members (excludes halogenated alkanes) is 5. The predicted octanol–water partition coefficient (Wildman–Crippen LogP) is 3.39. The van der Waals surface area contributed by atoms with Gasteiger partial charge in [-0.25, -0.2) is 0 Å². The number of benzene rings is 1. The van der Waals surface area contributed by atoms with Gasteiger partial charge >= 0.3 is 0 Å². The van der Waals surface area contributed by atoms with Crippen molar-refractivity contribution in [3.8, 4) is 0 Å². The second kappa shape index (κ2) is 10.1. The van der Waals surface area contributed by atoms with Gasteiger partial charge in [-0.2, -0.15) is 0 Å². The molecule has 0 bridgehead atoms. The van der Waals surface area contributed by atoms with Crippen LogP contribution < -0.4 is 5.32 Å². The van der Waals surface area contributed by atoms with E-state index in [2.05, 4.69) is 36.5 Å². The summed E-state index contributed by atoms with van der Waals surface area (Å²) in [6.45, 7) is 2.52. The molecule has 3 nitrogen and oxygen atoms in total. The lowest BCUT2D eigenvalue weighted by atomic mass is 9.90. The monoisotopic (exact) mass is 319 g/mol. The lowest BCUT2D eigenvalue weighted by Crippen LogP contribution is -2.35. The van der Waals surface area contributed by atoms with E-state index < -0.39 is 0 Å². The number of hydrogen-bond donors (Lipinski definition) is 3. The summed E-state index contributed by atoms with van der Waals surface area (Å²) in [4.78, 5) is 0. The highest BCUT2D eigenvalue weighted by Crippen LogP contribution is 2.31. The van der Waals surface area contributed by atoms with Crippen molar-refractivity contribution >= 4 is 0 Å². The fraction of sp³-hybridized carbons (Fsp3) is 0.700. The summed E-state index contributed by atoms with van der Waals surface area (Å²) in [6, 6.07) is 9.07. The van der Waals surface area contributed by atoms with E-state index in [9.17, 15) is 10.2 Å². The molecule has 0 amide bonds. The van der Waals surface area contributed by atoms with Gasteiger partial charge in [-0.3, -0.25) is 0 Å². The molecule has 3 heteroatoms. The Morgan fingerprint density at radius 3 is 2.30 bits per heavy atom. The van der Waals surface area contributed by atoms with Crippen LogP contribution in [0.4, 0.5) is 0 Å². The molecule has 3 N–H and O–H groups in total. The van der Waals surface area contributed by atoms with Gasteiger partial charge in [0.2, 0.25) is 0 Å². The van der Waals surface area contributed by atoms with Crippen molar-refractivity contribution in [2.75, 3.05) is 13.2 Å². The van der Waals surface area contributed by atoms with E-state index in [4.69, 9.17) is 0 Å². The van der Waals surface area contributed by atoms with Gasteiger partial charge in [-0.1, -0.05) is 63.3 Å². The van der Waals surface area contributed by atoms with Crippen LogP contribution in [0.2, 0.25) is 0 Å². The zero-order valence-electron chi connectivity index (χ0n) is 14.5. The molecule has 130 valence electrons. The average molecular weight is 319 g/mol. The number of rotatable bonds is 10. The maximum atomic E-state index is 9.53. The first-order valence-corrected chi connectivity index (χ1v) is 9.35. The molecule has 23 heavy (non-hydrogen) atoms. The van der Waals surface area contributed by atoms with Crippen LogP contribution in [-0.2, 0) is 6.42 Å². The largest absolute Gasteiger partial charge is 0.395 e. The number of hydrogen-bond acceptors (Lipinski definition) is 3. The Morgan fingerprint density at radius 2 is 1.65 bits per heavy atom. The molecule has 0 unspecified atom stereocenters. The minimum Gasteiger partial charge on any atom is -0.395 e. The van der Waals surface area contributed by atoms with Gasteiger partial charge in [0.25, 0.3) is 0 Å². The minimum absolute atomic E-state index is 0.0663. The zero-order valence-corrected chi connectivity index (χ0v) is 14.5. The summed E-state index contributed by atoms with van der Waals surface area (Å²) in [7, 11) is 0. The number of nitrogens with one attached hydrogen (secondary N) is 1. The Morgan fingerprint density at radius 1 is 0.957 bits per heavy atom. The fourth-order valence-electron chi connectivity index (χ4n) is 3.67. The molecule has 0 radical (unpaired) electrons. The molecular formula is C20H33NO2.